The van der Waals surface area contributed by atoms with Crippen molar-refractivity contribution in [2.75, 3.05) is 0 Å². The zero-order chi connectivity index (χ0) is 26.4. The van der Waals surface area contributed by atoms with Crippen molar-refractivity contribution in [1.29, 1.82) is 0 Å². The molecule has 192 valence electrons. The summed E-state index contributed by atoms with van der Waals surface area (Å²) in [5.74, 6) is 0.415. The van der Waals surface area contributed by atoms with Crippen LogP contribution >= 0.6 is 22.9 Å². The fourth-order valence-corrected chi connectivity index (χ4v) is 5.53. The fourth-order valence-electron chi connectivity index (χ4n) is 4.50. The largest absolute Gasteiger partial charge is 0.350 e. The number of aryl methyl sites for hydroxylation is 2. The number of para-hydroxylation sites is 1. The maximum atomic E-state index is 13.0. The molecule has 0 radical (unpaired) electrons. The van der Waals surface area contributed by atoms with Crippen LogP contribution in [0.3, 0.4) is 0 Å². The Morgan fingerprint density at radius 1 is 1.13 bits per heavy atom. The number of nitrogens with one attached hydrogen (secondary N) is 2. The molecule has 1 aliphatic rings. The highest BCUT2D eigenvalue weighted by Crippen LogP contribution is 2.39. The van der Waals surface area contributed by atoms with Crippen molar-refractivity contribution in [3.05, 3.63) is 81.1 Å². The van der Waals surface area contributed by atoms with Crippen LogP contribution in [0, 0.1) is 13.8 Å². The predicted octanol–water partition coefficient (Wildman–Crippen LogP) is 4.99. The SMILES string of the molecule is Cc1nc(-c2c(Cl)c3ccccc3n2-c2ccc(CNC(=O)C3(NC(=O)c4scnc4C)CC3)cc2)no1. The Kier molecular flexibility index (Phi) is 6.00. The number of hydrogen-bond acceptors (Lipinski definition) is 7. The van der Waals surface area contributed by atoms with Crippen molar-refractivity contribution in [3.63, 3.8) is 0 Å². The van der Waals surface area contributed by atoms with Gasteiger partial charge in [0, 0.05) is 24.5 Å². The third-order valence-corrected chi connectivity index (χ3v) is 8.00. The molecule has 0 atom stereocenters. The lowest BCUT2D eigenvalue weighted by atomic mass is 10.1. The van der Waals surface area contributed by atoms with Crippen molar-refractivity contribution in [3.8, 4) is 17.2 Å². The van der Waals surface area contributed by atoms with Crippen LogP contribution < -0.4 is 10.6 Å². The Labute approximate surface area is 226 Å². The zero-order valence-corrected chi connectivity index (χ0v) is 22.2. The third-order valence-electron chi connectivity index (χ3n) is 6.69. The van der Waals surface area contributed by atoms with E-state index in [0.29, 0.717) is 52.4 Å². The summed E-state index contributed by atoms with van der Waals surface area (Å²) in [7, 11) is 0. The molecule has 0 saturated heterocycles. The predicted molar refractivity (Wildman–Crippen MR) is 144 cm³/mol. The summed E-state index contributed by atoms with van der Waals surface area (Å²) in [6.07, 6.45) is 1.22. The zero-order valence-electron chi connectivity index (χ0n) is 20.6. The van der Waals surface area contributed by atoms with Gasteiger partial charge < -0.3 is 19.7 Å². The average molecular weight is 547 g/mol. The van der Waals surface area contributed by atoms with E-state index in [2.05, 4.69) is 25.8 Å². The molecular formula is C27H23ClN6O3S. The highest BCUT2D eigenvalue weighted by atomic mass is 35.5. The fraction of sp³-hybridized carbons (Fsp3) is 0.222. The van der Waals surface area contributed by atoms with Gasteiger partial charge in [0.25, 0.3) is 5.91 Å². The van der Waals surface area contributed by atoms with Gasteiger partial charge in [-0.2, -0.15) is 4.98 Å². The van der Waals surface area contributed by atoms with E-state index in [9.17, 15) is 9.59 Å². The molecule has 2 aromatic carbocycles. The maximum Gasteiger partial charge on any atom is 0.264 e. The van der Waals surface area contributed by atoms with E-state index in [-0.39, 0.29) is 11.8 Å². The summed E-state index contributed by atoms with van der Waals surface area (Å²) in [6.45, 7) is 3.85. The van der Waals surface area contributed by atoms with E-state index in [0.717, 1.165) is 22.2 Å². The normalized spacial score (nSPS) is 14.0. The molecule has 1 saturated carbocycles. The minimum Gasteiger partial charge on any atom is -0.350 e. The van der Waals surface area contributed by atoms with Crippen LogP contribution in [0.25, 0.3) is 28.1 Å². The molecule has 2 amide bonds. The summed E-state index contributed by atoms with van der Waals surface area (Å²) in [6, 6.07) is 15.6. The molecule has 0 bridgehead atoms. The van der Waals surface area contributed by atoms with Crippen molar-refractivity contribution < 1.29 is 14.1 Å². The molecule has 1 aliphatic carbocycles. The summed E-state index contributed by atoms with van der Waals surface area (Å²) < 4.78 is 7.22. The average Bonchev–Trinajstić information content (AvgIpc) is 3.21. The lowest BCUT2D eigenvalue weighted by Gasteiger charge is -2.17. The molecular weight excluding hydrogens is 524 g/mol. The third kappa shape index (κ3) is 4.25. The molecule has 0 aliphatic heterocycles. The Morgan fingerprint density at radius 3 is 2.55 bits per heavy atom. The van der Waals surface area contributed by atoms with Crippen molar-refractivity contribution in [1.82, 2.24) is 30.3 Å². The molecule has 11 heteroatoms. The van der Waals surface area contributed by atoms with Crippen LogP contribution in [0.1, 0.15) is 39.7 Å². The van der Waals surface area contributed by atoms with Gasteiger partial charge in [-0.05, 0) is 43.5 Å². The number of aromatic nitrogens is 4. The van der Waals surface area contributed by atoms with Crippen LogP contribution in [0.2, 0.25) is 5.02 Å². The first-order valence-electron chi connectivity index (χ1n) is 12.1. The Bertz CT molecular complexity index is 1680. The van der Waals surface area contributed by atoms with Crippen LogP contribution in [0.15, 0.2) is 58.6 Å². The number of nitrogens with zero attached hydrogens (tertiary/aromatic N) is 4. The highest BCUT2D eigenvalue weighted by molar-refractivity contribution is 7.11. The molecule has 6 rings (SSSR count). The van der Waals surface area contributed by atoms with Gasteiger partial charge >= 0.3 is 0 Å². The monoisotopic (exact) mass is 546 g/mol. The van der Waals surface area contributed by atoms with Gasteiger partial charge in [-0.3, -0.25) is 9.59 Å². The first-order valence-corrected chi connectivity index (χ1v) is 13.3. The van der Waals surface area contributed by atoms with Gasteiger partial charge in [0.1, 0.15) is 16.1 Å². The molecule has 2 N–H and O–H groups in total. The number of amides is 2. The summed E-state index contributed by atoms with van der Waals surface area (Å²) >= 11 is 8.05. The molecule has 0 unspecified atom stereocenters. The van der Waals surface area contributed by atoms with Gasteiger partial charge in [0.2, 0.25) is 17.6 Å². The summed E-state index contributed by atoms with van der Waals surface area (Å²) in [4.78, 5) is 34.6. The molecule has 1 fully saturated rings. The van der Waals surface area contributed by atoms with Crippen molar-refractivity contribution in [2.45, 2.75) is 38.8 Å². The number of halogens is 1. The van der Waals surface area contributed by atoms with Gasteiger partial charge in [0.05, 0.1) is 21.7 Å². The van der Waals surface area contributed by atoms with Crippen LogP contribution in [-0.4, -0.2) is 37.0 Å². The molecule has 0 spiro atoms. The molecule has 3 heterocycles. The van der Waals surface area contributed by atoms with Gasteiger partial charge in [-0.15, -0.1) is 11.3 Å². The van der Waals surface area contributed by atoms with Crippen molar-refractivity contribution >= 4 is 45.7 Å². The van der Waals surface area contributed by atoms with E-state index < -0.39 is 5.54 Å². The summed E-state index contributed by atoms with van der Waals surface area (Å²) in [5, 5.41) is 11.4. The topological polar surface area (TPSA) is 115 Å². The molecule has 9 nitrogen and oxygen atoms in total. The lowest BCUT2D eigenvalue weighted by molar-refractivity contribution is -0.124. The standard InChI is InChI=1S/C27H23ClN6O3S/c1-15-23(38-14-30-15)25(35)32-27(11-12-27)26(36)29-13-17-7-9-18(10-8-17)34-20-6-4-3-5-19(20)21(28)22(34)24-31-16(2)37-33-24/h3-10,14H,11-13H2,1-2H3,(H,29,36)(H,32,35). The number of benzene rings is 2. The maximum absolute atomic E-state index is 13.0. The van der Waals surface area contributed by atoms with E-state index in [1.54, 1.807) is 19.4 Å². The first-order chi connectivity index (χ1) is 18.4. The minimum absolute atomic E-state index is 0.185. The number of rotatable bonds is 7. The molecule has 3 aromatic heterocycles. The molecule has 5 aromatic rings. The Hall–Kier alpha value is -4.02. The second-order valence-electron chi connectivity index (χ2n) is 9.30. The smallest absolute Gasteiger partial charge is 0.264 e. The van der Waals surface area contributed by atoms with Crippen molar-refractivity contribution in [2.24, 2.45) is 0 Å². The first kappa shape index (κ1) is 24.3. The van der Waals surface area contributed by atoms with E-state index in [1.807, 2.05) is 53.1 Å². The minimum atomic E-state index is -0.855. The van der Waals surface area contributed by atoms with E-state index in [1.165, 1.54) is 11.3 Å². The van der Waals surface area contributed by atoms with Crippen LogP contribution in [-0.2, 0) is 11.3 Å². The Morgan fingerprint density at radius 2 is 1.89 bits per heavy atom. The van der Waals surface area contributed by atoms with Crippen LogP contribution in [0.5, 0.6) is 0 Å². The second kappa shape index (κ2) is 9.38. The number of carbonyl (C=O) groups excluding carboxylic acids is 2. The van der Waals surface area contributed by atoms with Gasteiger partial charge in [-0.25, -0.2) is 4.98 Å². The number of hydrogen-bond donors (Lipinski definition) is 2. The summed E-state index contributed by atoms with van der Waals surface area (Å²) in [5.41, 5.74) is 4.79. The lowest BCUT2D eigenvalue weighted by Crippen LogP contribution is -2.48. The number of carbonyl (C=O) groups is 2. The van der Waals surface area contributed by atoms with Crippen LogP contribution in [0.4, 0.5) is 0 Å². The number of fused-ring (bicyclic) bond motifs is 1. The highest BCUT2D eigenvalue weighted by Gasteiger charge is 2.51. The molecule has 38 heavy (non-hydrogen) atoms. The van der Waals surface area contributed by atoms with E-state index >= 15 is 0 Å². The second-order valence-corrected chi connectivity index (χ2v) is 10.5. The Balaban J connectivity index is 1.21. The van der Waals surface area contributed by atoms with Gasteiger partial charge in [0.15, 0.2) is 0 Å². The van der Waals surface area contributed by atoms with E-state index in [4.69, 9.17) is 16.1 Å². The quantitative estimate of drug-likeness (QED) is 0.297. The van der Waals surface area contributed by atoms with Gasteiger partial charge in [-0.1, -0.05) is 47.1 Å². The number of thiazole rings is 1.